The highest BCUT2D eigenvalue weighted by Crippen LogP contribution is 2.31. The second kappa shape index (κ2) is 10.9. The van der Waals surface area contributed by atoms with Gasteiger partial charge >= 0.3 is 5.97 Å². The minimum absolute atomic E-state index is 0.0332. The number of carbonyl (C=O) groups excluding carboxylic acids is 2. The first-order valence-electron chi connectivity index (χ1n) is 12.7. The molecule has 0 bridgehead atoms. The Balaban J connectivity index is 1.25. The van der Waals surface area contributed by atoms with E-state index in [0.717, 1.165) is 26.9 Å². The minimum atomic E-state index is -0.548. The molecule has 0 saturated heterocycles. The molecule has 0 spiro atoms. The van der Waals surface area contributed by atoms with Crippen molar-refractivity contribution in [3.8, 4) is 11.3 Å². The second-order valence-corrected chi connectivity index (χ2v) is 10.4. The van der Waals surface area contributed by atoms with Crippen molar-refractivity contribution in [2.24, 2.45) is 0 Å². The Kier molecular flexibility index (Phi) is 7.04. The molecular weight excluding hydrogens is 576 g/mol. The largest absolute Gasteiger partial charge is 0.463 e. The Hall–Kier alpha value is -4.51. The van der Waals surface area contributed by atoms with Gasteiger partial charge in [0.15, 0.2) is 0 Å². The number of amides is 1. The number of fused-ring (bicyclic) bond motifs is 1. The monoisotopic (exact) mass is 600 g/mol. The van der Waals surface area contributed by atoms with Gasteiger partial charge in [-0.05, 0) is 29.3 Å². The van der Waals surface area contributed by atoms with Crippen molar-refractivity contribution in [2.45, 2.75) is 25.6 Å². The molecule has 5 aromatic rings. The highest BCUT2D eigenvalue weighted by atomic mass is 79.9. The van der Waals surface area contributed by atoms with Crippen LogP contribution in [0, 0.1) is 0 Å². The Morgan fingerprint density at radius 1 is 1.05 bits per heavy atom. The number of halogens is 1. The third kappa shape index (κ3) is 4.95. The minimum Gasteiger partial charge on any atom is -0.463 e. The third-order valence-electron chi connectivity index (χ3n) is 7.03. The molecule has 11 heteroatoms. The van der Waals surface area contributed by atoms with E-state index in [9.17, 15) is 9.59 Å². The van der Waals surface area contributed by atoms with Gasteiger partial charge in [-0.3, -0.25) is 9.48 Å². The lowest BCUT2D eigenvalue weighted by molar-refractivity contribution is -0.133. The SMILES string of the molecule is COC(=O)c1occc1Cn1cc(-c2cnn3c2CN(C(=O)C(c2ccccc2)c2ccc(Br)cc2)CC3)nn1. The van der Waals surface area contributed by atoms with Gasteiger partial charge in [0, 0.05) is 22.1 Å². The van der Waals surface area contributed by atoms with Crippen LogP contribution in [0.5, 0.6) is 0 Å². The van der Waals surface area contributed by atoms with Gasteiger partial charge in [0.05, 0.1) is 57.0 Å². The van der Waals surface area contributed by atoms with Crippen LogP contribution >= 0.6 is 15.9 Å². The van der Waals surface area contributed by atoms with Crippen LogP contribution in [0.2, 0.25) is 0 Å². The first kappa shape index (κ1) is 25.8. The molecule has 202 valence electrons. The number of hydrogen-bond acceptors (Lipinski definition) is 7. The summed E-state index contributed by atoms with van der Waals surface area (Å²) in [6, 6.07) is 19.5. The van der Waals surface area contributed by atoms with Gasteiger partial charge in [-0.2, -0.15) is 5.10 Å². The summed E-state index contributed by atoms with van der Waals surface area (Å²) in [5.74, 6) is -0.805. The zero-order valence-corrected chi connectivity index (χ0v) is 23.2. The molecule has 4 heterocycles. The maximum absolute atomic E-state index is 14.1. The maximum Gasteiger partial charge on any atom is 0.374 e. The number of aromatic nitrogens is 5. The van der Waals surface area contributed by atoms with Crippen LogP contribution in [0.25, 0.3) is 11.3 Å². The summed E-state index contributed by atoms with van der Waals surface area (Å²) >= 11 is 3.50. The molecule has 2 aromatic carbocycles. The van der Waals surface area contributed by atoms with Crippen molar-refractivity contribution in [1.29, 1.82) is 0 Å². The zero-order chi connectivity index (χ0) is 27.6. The number of benzene rings is 2. The maximum atomic E-state index is 14.1. The molecule has 0 aliphatic carbocycles. The summed E-state index contributed by atoms with van der Waals surface area (Å²) in [5, 5.41) is 13.1. The van der Waals surface area contributed by atoms with Crippen molar-refractivity contribution in [1.82, 2.24) is 29.7 Å². The standard InChI is InChI=1S/C29H25BrN6O4/c1-39-29(38)27-21(11-14-40-27)16-35-17-24(32-33-35)23-15-31-36-13-12-34(18-25(23)36)28(37)26(19-5-3-2-4-6-19)20-7-9-22(30)10-8-20/h2-11,14-15,17,26H,12-13,16,18H2,1H3. The Labute approximate surface area is 238 Å². The lowest BCUT2D eigenvalue weighted by atomic mass is 9.89. The lowest BCUT2D eigenvalue weighted by Gasteiger charge is -2.32. The average molecular weight is 601 g/mol. The van der Waals surface area contributed by atoms with Gasteiger partial charge in [-0.15, -0.1) is 5.10 Å². The van der Waals surface area contributed by atoms with E-state index in [1.54, 1.807) is 23.1 Å². The molecule has 6 rings (SSSR count). The van der Waals surface area contributed by atoms with E-state index < -0.39 is 11.9 Å². The number of nitrogens with zero attached hydrogens (tertiary/aromatic N) is 6. The fraction of sp³-hybridized carbons (Fsp3) is 0.207. The van der Waals surface area contributed by atoms with Crippen LogP contribution in [-0.2, 0) is 29.2 Å². The number of methoxy groups -OCH3 is 1. The smallest absolute Gasteiger partial charge is 0.374 e. The first-order valence-corrected chi connectivity index (χ1v) is 13.5. The summed E-state index contributed by atoms with van der Waals surface area (Å²) in [6.45, 7) is 1.81. The molecule has 0 radical (unpaired) electrons. The van der Waals surface area contributed by atoms with E-state index in [1.807, 2.05) is 64.2 Å². The number of carbonyl (C=O) groups is 2. The Morgan fingerprint density at radius 3 is 2.60 bits per heavy atom. The molecule has 3 aromatic heterocycles. The summed E-state index contributed by atoms with van der Waals surface area (Å²) in [7, 11) is 1.31. The third-order valence-corrected chi connectivity index (χ3v) is 7.56. The topological polar surface area (TPSA) is 108 Å². The van der Waals surface area contributed by atoms with Crippen molar-refractivity contribution < 1.29 is 18.7 Å². The van der Waals surface area contributed by atoms with Crippen LogP contribution in [-0.4, -0.2) is 55.2 Å². The number of furan rings is 1. The second-order valence-electron chi connectivity index (χ2n) is 9.45. The fourth-order valence-electron chi connectivity index (χ4n) is 5.01. The van der Waals surface area contributed by atoms with Crippen molar-refractivity contribution in [3.05, 3.63) is 112 Å². The molecule has 40 heavy (non-hydrogen) atoms. The van der Waals surface area contributed by atoms with Crippen LogP contribution < -0.4 is 0 Å². The van der Waals surface area contributed by atoms with Gasteiger partial charge in [-0.1, -0.05) is 63.6 Å². The van der Waals surface area contributed by atoms with Gasteiger partial charge < -0.3 is 14.1 Å². The number of esters is 1. The van der Waals surface area contributed by atoms with Crippen LogP contribution in [0.4, 0.5) is 0 Å². The molecule has 0 fully saturated rings. The lowest BCUT2D eigenvalue weighted by Crippen LogP contribution is -2.41. The van der Waals surface area contributed by atoms with Crippen molar-refractivity contribution in [2.75, 3.05) is 13.7 Å². The number of ether oxygens (including phenoxy) is 1. The van der Waals surface area contributed by atoms with Crippen LogP contribution in [0.15, 0.2) is 88.2 Å². The zero-order valence-electron chi connectivity index (χ0n) is 21.6. The summed E-state index contributed by atoms with van der Waals surface area (Å²) in [5.41, 5.74) is 4.86. The predicted molar refractivity (Wildman–Crippen MR) is 148 cm³/mol. The van der Waals surface area contributed by atoms with E-state index in [2.05, 4.69) is 31.3 Å². The average Bonchev–Trinajstić information content (AvgIpc) is 3.74. The molecule has 1 aliphatic heterocycles. The molecule has 1 unspecified atom stereocenters. The predicted octanol–water partition coefficient (Wildman–Crippen LogP) is 4.51. The molecule has 0 saturated carbocycles. The van der Waals surface area contributed by atoms with E-state index in [1.165, 1.54) is 13.4 Å². The summed E-state index contributed by atoms with van der Waals surface area (Å²) < 4.78 is 14.6. The van der Waals surface area contributed by atoms with Crippen LogP contribution in [0.1, 0.15) is 38.9 Å². The molecule has 1 aliphatic rings. The Morgan fingerprint density at radius 2 is 1.82 bits per heavy atom. The molecule has 10 nitrogen and oxygen atoms in total. The quantitative estimate of drug-likeness (QED) is 0.253. The highest BCUT2D eigenvalue weighted by Gasteiger charge is 2.32. The molecule has 1 atom stereocenters. The highest BCUT2D eigenvalue weighted by molar-refractivity contribution is 9.10. The summed E-state index contributed by atoms with van der Waals surface area (Å²) in [6.07, 6.45) is 5.00. The van der Waals surface area contributed by atoms with E-state index in [0.29, 0.717) is 30.9 Å². The van der Waals surface area contributed by atoms with Gasteiger partial charge in [-0.25, -0.2) is 9.48 Å². The van der Waals surface area contributed by atoms with Crippen molar-refractivity contribution >= 4 is 27.8 Å². The van der Waals surface area contributed by atoms with E-state index in [-0.39, 0.29) is 18.2 Å². The van der Waals surface area contributed by atoms with Gasteiger partial charge in [0.25, 0.3) is 0 Å². The summed E-state index contributed by atoms with van der Waals surface area (Å²) in [4.78, 5) is 27.9. The van der Waals surface area contributed by atoms with Crippen molar-refractivity contribution in [3.63, 3.8) is 0 Å². The van der Waals surface area contributed by atoms with E-state index in [4.69, 9.17) is 9.15 Å². The molecule has 0 N–H and O–H groups in total. The number of rotatable bonds is 7. The number of hydrogen-bond donors (Lipinski definition) is 0. The molecule has 1 amide bonds. The normalized spacial score (nSPS) is 13.6. The van der Waals surface area contributed by atoms with Crippen LogP contribution in [0.3, 0.4) is 0 Å². The molecular formula is C29H25BrN6O4. The van der Waals surface area contributed by atoms with Gasteiger partial charge in [0.1, 0.15) is 5.69 Å². The Bertz CT molecular complexity index is 1660. The fourth-order valence-corrected chi connectivity index (χ4v) is 5.28. The first-order chi connectivity index (χ1) is 19.5. The van der Waals surface area contributed by atoms with Gasteiger partial charge in [0.2, 0.25) is 11.7 Å². The van der Waals surface area contributed by atoms with E-state index >= 15 is 0 Å².